The summed E-state index contributed by atoms with van der Waals surface area (Å²) in [6.07, 6.45) is -4.55. The predicted octanol–water partition coefficient (Wildman–Crippen LogP) is 7.00. The number of benzene rings is 3. The van der Waals surface area contributed by atoms with Gasteiger partial charge in [-0.05, 0) is 42.5 Å². The Labute approximate surface area is 202 Å². The number of imide groups is 1. The van der Waals surface area contributed by atoms with Crippen molar-refractivity contribution in [3.63, 3.8) is 0 Å². The van der Waals surface area contributed by atoms with E-state index in [2.05, 4.69) is 10.3 Å². The Kier molecular flexibility index (Phi) is 6.59. The first-order valence-corrected chi connectivity index (χ1v) is 10.7. The van der Waals surface area contributed by atoms with Gasteiger partial charge in [-0.3, -0.25) is 15.4 Å². The van der Waals surface area contributed by atoms with Crippen molar-refractivity contribution in [3.8, 4) is 11.5 Å². The molecule has 4 aromatic rings. The van der Waals surface area contributed by atoms with Gasteiger partial charge in [-0.1, -0.05) is 29.0 Å². The Morgan fingerprint density at radius 1 is 1.00 bits per heavy atom. The standard InChI is InChI=1S/C22H11ClF5N3O3S/c23-12-8-10(22(26,27)28)4-7-16(12)34-11-5-6-15-17(9-11)35-21(29-15)31-20(33)30-19(32)18-13(24)2-1-3-14(18)25/h1-9H,(H2,29,30,31,32,33). The van der Waals surface area contributed by atoms with Crippen LogP contribution in [0.15, 0.2) is 54.6 Å². The van der Waals surface area contributed by atoms with Gasteiger partial charge in [-0.25, -0.2) is 18.6 Å². The zero-order chi connectivity index (χ0) is 25.3. The van der Waals surface area contributed by atoms with Crippen molar-refractivity contribution in [2.75, 3.05) is 5.32 Å². The number of halogens is 6. The van der Waals surface area contributed by atoms with E-state index in [1.807, 2.05) is 5.32 Å². The molecule has 0 spiro atoms. The lowest BCUT2D eigenvalue weighted by molar-refractivity contribution is -0.137. The number of nitrogens with zero attached hydrogens (tertiary/aromatic N) is 1. The molecule has 0 unspecified atom stereocenters. The summed E-state index contributed by atoms with van der Waals surface area (Å²) >= 11 is 6.89. The van der Waals surface area contributed by atoms with Gasteiger partial charge in [0, 0.05) is 6.07 Å². The SMILES string of the molecule is O=C(NC(=O)c1c(F)cccc1F)Nc1nc2ccc(Oc3ccc(C(F)(F)F)cc3Cl)cc2s1. The van der Waals surface area contributed by atoms with E-state index < -0.39 is 40.9 Å². The molecule has 0 saturated carbocycles. The zero-order valence-corrected chi connectivity index (χ0v) is 18.6. The normalized spacial score (nSPS) is 11.4. The number of alkyl halides is 3. The van der Waals surface area contributed by atoms with E-state index in [0.29, 0.717) is 10.2 Å². The van der Waals surface area contributed by atoms with Crippen molar-refractivity contribution >= 4 is 50.2 Å². The molecule has 3 amide bonds. The van der Waals surface area contributed by atoms with Gasteiger partial charge in [0.05, 0.1) is 20.8 Å². The number of urea groups is 1. The van der Waals surface area contributed by atoms with E-state index in [1.54, 1.807) is 0 Å². The lowest BCUT2D eigenvalue weighted by atomic mass is 10.2. The molecule has 180 valence electrons. The molecule has 0 atom stereocenters. The molecule has 0 radical (unpaired) electrons. The van der Waals surface area contributed by atoms with Gasteiger partial charge in [-0.2, -0.15) is 13.2 Å². The van der Waals surface area contributed by atoms with E-state index in [4.69, 9.17) is 16.3 Å². The highest BCUT2D eigenvalue weighted by molar-refractivity contribution is 7.22. The number of hydrogen-bond donors (Lipinski definition) is 2. The summed E-state index contributed by atoms with van der Waals surface area (Å²) < 4.78 is 71.9. The summed E-state index contributed by atoms with van der Waals surface area (Å²) in [6, 6.07) is 8.97. The Balaban J connectivity index is 1.46. The number of rotatable bonds is 4. The van der Waals surface area contributed by atoms with Gasteiger partial charge in [0.15, 0.2) is 5.13 Å². The van der Waals surface area contributed by atoms with E-state index in [9.17, 15) is 31.5 Å². The lowest BCUT2D eigenvalue weighted by Crippen LogP contribution is -2.35. The number of carbonyl (C=O) groups excluding carboxylic acids is 2. The maximum Gasteiger partial charge on any atom is 0.416 e. The third kappa shape index (κ3) is 5.49. The summed E-state index contributed by atoms with van der Waals surface area (Å²) in [6.45, 7) is 0. The van der Waals surface area contributed by atoms with Gasteiger partial charge in [0.1, 0.15) is 28.7 Å². The maximum atomic E-state index is 13.7. The third-order valence-electron chi connectivity index (χ3n) is 4.48. The van der Waals surface area contributed by atoms with Crippen molar-refractivity contribution in [1.82, 2.24) is 10.3 Å². The molecule has 0 aliphatic carbocycles. The second kappa shape index (κ2) is 9.47. The minimum absolute atomic E-state index is 0.000136. The molecular formula is C22H11ClF5N3O3S. The monoisotopic (exact) mass is 527 g/mol. The first kappa shape index (κ1) is 24.4. The van der Waals surface area contributed by atoms with Gasteiger partial charge in [-0.15, -0.1) is 0 Å². The smallest absolute Gasteiger partial charge is 0.416 e. The van der Waals surface area contributed by atoms with E-state index in [0.717, 1.165) is 47.7 Å². The second-order valence-electron chi connectivity index (χ2n) is 6.90. The van der Waals surface area contributed by atoms with Crippen molar-refractivity contribution < 1.29 is 36.3 Å². The van der Waals surface area contributed by atoms with Gasteiger partial charge >= 0.3 is 12.2 Å². The van der Waals surface area contributed by atoms with Crippen molar-refractivity contribution in [1.29, 1.82) is 0 Å². The lowest BCUT2D eigenvalue weighted by Gasteiger charge is -2.11. The molecule has 0 aliphatic rings. The summed E-state index contributed by atoms with van der Waals surface area (Å²) in [5.41, 5.74) is -1.39. The molecule has 6 nitrogen and oxygen atoms in total. The topological polar surface area (TPSA) is 80.3 Å². The van der Waals surface area contributed by atoms with Crippen LogP contribution in [0.25, 0.3) is 10.2 Å². The molecule has 0 fully saturated rings. The van der Waals surface area contributed by atoms with Crippen LogP contribution in [-0.4, -0.2) is 16.9 Å². The van der Waals surface area contributed by atoms with Crippen molar-refractivity contribution in [2.45, 2.75) is 6.18 Å². The fourth-order valence-corrected chi connectivity index (χ4v) is 4.03. The number of ether oxygens (including phenoxy) is 1. The Hall–Kier alpha value is -3.77. The van der Waals surface area contributed by atoms with Crippen LogP contribution in [-0.2, 0) is 6.18 Å². The molecule has 0 saturated heterocycles. The summed E-state index contributed by atoms with van der Waals surface area (Å²) in [4.78, 5) is 28.3. The minimum Gasteiger partial charge on any atom is -0.456 e. The van der Waals surface area contributed by atoms with Crippen LogP contribution in [0, 0.1) is 11.6 Å². The maximum absolute atomic E-state index is 13.7. The molecule has 1 aromatic heterocycles. The Bertz CT molecular complexity index is 1440. The van der Waals surface area contributed by atoms with Crippen LogP contribution >= 0.6 is 22.9 Å². The Morgan fingerprint density at radius 2 is 1.71 bits per heavy atom. The van der Waals surface area contributed by atoms with E-state index >= 15 is 0 Å². The zero-order valence-electron chi connectivity index (χ0n) is 17.0. The number of carbonyl (C=O) groups is 2. The summed E-state index contributed by atoms with van der Waals surface area (Å²) in [5, 5.41) is 3.93. The predicted molar refractivity (Wildman–Crippen MR) is 119 cm³/mol. The van der Waals surface area contributed by atoms with Crippen molar-refractivity contribution in [2.24, 2.45) is 0 Å². The summed E-state index contributed by atoms with van der Waals surface area (Å²) in [5.74, 6) is -3.29. The fourth-order valence-electron chi connectivity index (χ4n) is 2.92. The van der Waals surface area contributed by atoms with Crippen LogP contribution < -0.4 is 15.4 Å². The van der Waals surface area contributed by atoms with Crippen LogP contribution in [0.1, 0.15) is 15.9 Å². The molecule has 2 N–H and O–H groups in total. The van der Waals surface area contributed by atoms with E-state index in [-0.39, 0.29) is 21.7 Å². The minimum atomic E-state index is -4.55. The number of anilines is 1. The molecule has 13 heteroatoms. The first-order chi connectivity index (χ1) is 16.5. The average molecular weight is 528 g/mol. The quantitative estimate of drug-likeness (QED) is 0.280. The van der Waals surface area contributed by atoms with Gasteiger partial charge in [0.25, 0.3) is 5.91 Å². The van der Waals surface area contributed by atoms with Crippen LogP contribution in [0.2, 0.25) is 5.02 Å². The Morgan fingerprint density at radius 3 is 2.37 bits per heavy atom. The van der Waals surface area contributed by atoms with Gasteiger partial charge in [0.2, 0.25) is 0 Å². The molecular weight excluding hydrogens is 517 g/mol. The average Bonchev–Trinajstić information content (AvgIpc) is 3.15. The largest absolute Gasteiger partial charge is 0.456 e. The van der Waals surface area contributed by atoms with Crippen LogP contribution in [0.4, 0.5) is 31.9 Å². The molecule has 4 rings (SSSR count). The van der Waals surface area contributed by atoms with E-state index in [1.165, 1.54) is 18.2 Å². The van der Waals surface area contributed by atoms with Crippen molar-refractivity contribution in [3.05, 3.63) is 82.4 Å². The molecule has 35 heavy (non-hydrogen) atoms. The number of aromatic nitrogens is 1. The molecule has 0 bridgehead atoms. The number of thiazole rings is 1. The highest BCUT2D eigenvalue weighted by atomic mass is 35.5. The van der Waals surface area contributed by atoms with Gasteiger partial charge < -0.3 is 4.74 Å². The summed E-state index contributed by atoms with van der Waals surface area (Å²) in [7, 11) is 0. The molecule has 1 heterocycles. The molecule has 3 aromatic carbocycles. The number of hydrogen-bond acceptors (Lipinski definition) is 5. The second-order valence-corrected chi connectivity index (χ2v) is 8.34. The first-order valence-electron chi connectivity index (χ1n) is 9.53. The molecule has 0 aliphatic heterocycles. The number of nitrogens with one attached hydrogen (secondary N) is 2. The fraction of sp³-hybridized carbons (Fsp3) is 0.0455. The highest BCUT2D eigenvalue weighted by Crippen LogP contribution is 2.37. The third-order valence-corrected chi connectivity index (χ3v) is 5.71. The highest BCUT2D eigenvalue weighted by Gasteiger charge is 2.31. The van der Waals surface area contributed by atoms with Crippen LogP contribution in [0.3, 0.4) is 0 Å². The number of amides is 3. The number of fused-ring (bicyclic) bond motifs is 1. The van der Waals surface area contributed by atoms with Crippen LogP contribution in [0.5, 0.6) is 11.5 Å².